The van der Waals surface area contributed by atoms with Gasteiger partial charge in [-0.1, -0.05) is 26.2 Å². The molecule has 0 saturated heterocycles. The number of aromatic nitrogens is 1. The zero-order chi connectivity index (χ0) is 10.9. The number of oxazole rings is 1. The largest absolute Gasteiger partial charge is 0.443 e. The molecule has 1 aromatic rings. The van der Waals surface area contributed by atoms with Crippen LogP contribution in [0, 0.1) is 6.92 Å². The van der Waals surface area contributed by atoms with Crippen molar-refractivity contribution in [3.63, 3.8) is 0 Å². The topological polar surface area (TPSA) is 52.0 Å². The first-order chi connectivity index (χ1) is 7.15. The van der Waals surface area contributed by atoms with Gasteiger partial charge in [0, 0.05) is 5.41 Å². The van der Waals surface area contributed by atoms with Gasteiger partial charge in [0.25, 0.3) is 0 Å². The van der Waals surface area contributed by atoms with Crippen LogP contribution in [0.15, 0.2) is 4.42 Å². The van der Waals surface area contributed by atoms with E-state index >= 15 is 0 Å². The van der Waals surface area contributed by atoms with E-state index < -0.39 is 0 Å². The third kappa shape index (κ3) is 1.93. The maximum Gasteiger partial charge on any atom is 0.200 e. The molecule has 84 valence electrons. The lowest BCUT2D eigenvalue weighted by atomic mass is 9.76. The van der Waals surface area contributed by atoms with Crippen molar-refractivity contribution in [3.05, 3.63) is 17.3 Å². The van der Waals surface area contributed by atoms with E-state index in [1.807, 2.05) is 6.92 Å². The third-order valence-electron chi connectivity index (χ3n) is 3.55. The highest BCUT2D eigenvalue weighted by atomic mass is 16.4. The first kappa shape index (κ1) is 10.7. The van der Waals surface area contributed by atoms with E-state index in [1.165, 1.54) is 32.1 Å². The summed E-state index contributed by atoms with van der Waals surface area (Å²) < 4.78 is 5.77. The van der Waals surface area contributed by atoms with E-state index in [-0.39, 0.29) is 5.41 Å². The fourth-order valence-corrected chi connectivity index (χ4v) is 2.42. The van der Waals surface area contributed by atoms with Gasteiger partial charge in [-0.05, 0) is 19.8 Å². The van der Waals surface area contributed by atoms with E-state index in [2.05, 4.69) is 11.9 Å². The summed E-state index contributed by atoms with van der Waals surface area (Å²) in [6.45, 7) is 4.69. The highest BCUT2D eigenvalue weighted by Crippen LogP contribution is 2.38. The summed E-state index contributed by atoms with van der Waals surface area (Å²) >= 11 is 0. The van der Waals surface area contributed by atoms with Crippen molar-refractivity contribution in [2.75, 3.05) is 0 Å². The van der Waals surface area contributed by atoms with E-state index in [0.717, 1.165) is 17.3 Å². The molecule has 0 aliphatic heterocycles. The molecule has 0 aromatic carbocycles. The first-order valence-electron chi connectivity index (χ1n) is 5.82. The Bertz CT molecular complexity index is 337. The Balaban J connectivity index is 2.27. The standard InChI is InChI=1S/C12H20N2O/c1-9-10(8-13)15-11(14-9)12(2)6-4-3-5-7-12/h3-8,13H2,1-2H3. The first-order valence-corrected chi connectivity index (χ1v) is 5.82. The molecule has 0 unspecified atom stereocenters. The summed E-state index contributed by atoms with van der Waals surface area (Å²) in [4.78, 5) is 4.53. The highest BCUT2D eigenvalue weighted by molar-refractivity contribution is 5.13. The molecule has 3 nitrogen and oxygen atoms in total. The van der Waals surface area contributed by atoms with Gasteiger partial charge in [-0.2, -0.15) is 0 Å². The average molecular weight is 208 g/mol. The predicted molar refractivity (Wildman–Crippen MR) is 59.6 cm³/mol. The molecule has 1 aliphatic carbocycles. The molecule has 2 rings (SSSR count). The molecule has 1 saturated carbocycles. The van der Waals surface area contributed by atoms with Gasteiger partial charge in [0.2, 0.25) is 5.89 Å². The molecule has 0 atom stereocenters. The highest BCUT2D eigenvalue weighted by Gasteiger charge is 2.33. The number of aryl methyl sites for hydroxylation is 1. The second kappa shape index (κ2) is 3.97. The van der Waals surface area contributed by atoms with E-state index in [9.17, 15) is 0 Å². The van der Waals surface area contributed by atoms with E-state index in [1.54, 1.807) is 0 Å². The molecule has 1 aromatic heterocycles. The van der Waals surface area contributed by atoms with Crippen LogP contribution in [0.5, 0.6) is 0 Å². The summed E-state index contributed by atoms with van der Waals surface area (Å²) in [6, 6.07) is 0. The van der Waals surface area contributed by atoms with Crippen LogP contribution >= 0.6 is 0 Å². The van der Waals surface area contributed by atoms with Crippen molar-refractivity contribution in [3.8, 4) is 0 Å². The summed E-state index contributed by atoms with van der Waals surface area (Å²) in [5.41, 5.74) is 6.71. The molecule has 0 spiro atoms. The predicted octanol–water partition coefficient (Wildman–Crippen LogP) is 2.66. The molecule has 15 heavy (non-hydrogen) atoms. The minimum atomic E-state index is 0.149. The van der Waals surface area contributed by atoms with Gasteiger partial charge in [0.05, 0.1) is 12.2 Å². The van der Waals surface area contributed by atoms with Crippen LogP contribution in [0.2, 0.25) is 0 Å². The molecule has 2 N–H and O–H groups in total. The SMILES string of the molecule is Cc1nc(C2(C)CCCCC2)oc1CN. The number of rotatable bonds is 2. The maximum atomic E-state index is 5.77. The van der Waals surface area contributed by atoms with Crippen LogP contribution in [0.1, 0.15) is 56.4 Å². The van der Waals surface area contributed by atoms with Gasteiger partial charge in [-0.15, -0.1) is 0 Å². The monoisotopic (exact) mass is 208 g/mol. The number of hydrogen-bond acceptors (Lipinski definition) is 3. The third-order valence-corrected chi connectivity index (χ3v) is 3.55. The maximum absolute atomic E-state index is 5.77. The van der Waals surface area contributed by atoms with E-state index in [0.29, 0.717) is 6.54 Å². The van der Waals surface area contributed by atoms with Crippen molar-refractivity contribution < 1.29 is 4.42 Å². The van der Waals surface area contributed by atoms with Gasteiger partial charge in [-0.25, -0.2) is 4.98 Å². The molecule has 0 amide bonds. The van der Waals surface area contributed by atoms with Gasteiger partial charge >= 0.3 is 0 Å². The van der Waals surface area contributed by atoms with Crippen molar-refractivity contribution >= 4 is 0 Å². The zero-order valence-electron chi connectivity index (χ0n) is 9.68. The number of nitrogens with zero attached hydrogens (tertiary/aromatic N) is 1. The normalized spacial score (nSPS) is 20.5. The zero-order valence-corrected chi connectivity index (χ0v) is 9.68. The lowest BCUT2D eigenvalue weighted by molar-refractivity contribution is 0.252. The fraction of sp³-hybridized carbons (Fsp3) is 0.750. The Morgan fingerprint density at radius 2 is 2.00 bits per heavy atom. The average Bonchev–Trinajstić information content (AvgIpc) is 2.61. The van der Waals surface area contributed by atoms with Gasteiger partial charge in [-0.3, -0.25) is 0 Å². The van der Waals surface area contributed by atoms with Crippen molar-refractivity contribution in [2.24, 2.45) is 5.73 Å². The van der Waals surface area contributed by atoms with Gasteiger partial charge in [0.1, 0.15) is 5.76 Å². The van der Waals surface area contributed by atoms with Gasteiger partial charge in [0.15, 0.2) is 0 Å². The Kier molecular flexibility index (Phi) is 2.83. The Morgan fingerprint density at radius 3 is 2.53 bits per heavy atom. The number of hydrogen-bond donors (Lipinski definition) is 1. The van der Waals surface area contributed by atoms with Crippen molar-refractivity contribution in [1.82, 2.24) is 4.98 Å². The number of nitrogens with two attached hydrogens (primary N) is 1. The van der Waals surface area contributed by atoms with Crippen LogP contribution in [0.25, 0.3) is 0 Å². The van der Waals surface area contributed by atoms with E-state index in [4.69, 9.17) is 10.2 Å². The lowest BCUT2D eigenvalue weighted by Crippen LogP contribution is -2.25. The van der Waals surface area contributed by atoms with Crippen LogP contribution < -0.4 is 5.73 Å². The minimum absolute atomic E-state index is 0.149. The molecular weight excluding hydrogens is 188 g/mol. The van der Waals surface area contributed by atoms with Crippen LogP contribution in [-0.2, 0) is 12.0 Å². The molecule has 1 heterocycles. The summed E-state index contributed by atoms with van der Waals surface area (Å²) in [5.74, 6) is 1.75. The summed E-state index contributed by atoms with van der Waals surface area (Å²) in [6.07, 6.45) is 6.30. The quantitative estimate of drug-likeness (QED) is 0.813. The molecule has 0 radical (unpaired) electrons. The summed E-state index contributed by atoms with van der Waals surface area (Å²) in [7, 11) is 0. The minimum Gasteiger partial charge on any atom is -0.443 e. The second-order valence-electron chi connectivity index (χ2n) is 4.85. The second-order valence-corrected chi connectivity index (χ2v) is 4.85. The van der Waals surface area contributed by atoms with Crippen molar-refractivity contribution in [1.29, 1.82) is 0 Å². The Morgan fingerprint density at radius 1 is 1.33 bits per heavy atom. The Labute approximate surface area is 91.1 Å². The van der Waals surface area contributed by atoms with Crippen molar-refractivity contribution in [2.45, 2.75) is 57.9 Å². The Hall–Kier alpha value is -0.830. The molecule has 1 fully saturated rings. The molecule has 0 bridgehead atoms. The molecule has 1 aliphatic rings. The van der Waals surface area contributed by atoms with Gasteiger partial charge < -0.3 is 10.2 Å². The fourth-order valence-electron chi connectivity index (χ4n) is 2.42. The van der Waals surface area contributed by atoms with Crippen LogP contribution in [0.4, 0.5) is 0 Å². The van der Waals surface area contributed by atoms with Crippen LogP contribution in [0.3, 0.4) is 0 Å². The lowest BCUT2D eigenvalue weighted by Gasteiger charge is -2.30. The molecule has 3 heteroatoms. The molecular formula is C12H20N2O. The summed E-state index contributed by atoms with van der Waals surface area (Å²) in [5, 5.41) is 0. The van der Waals surface area contributed by atoms with Crippen LogP contribution in [-0.4, -0.2) is 4.98 Å². The smallest absolute Gasteiger partial charge is 0.200 e.